The zero-order valence-electron chi connectivity index (χ0n) is 16.5. The third kappa shape index (κ3) is 2.36. The fourth-order valence-electron chi connectivity index (χ4n) is 4.75. The minimum Gasteiger partial charge on any atom is -0.345 e. The van der Waals surface area contributed by atoms with E-state index in [0.29, 0.717) is 0 Å². The van der Waals surface area contributed by atoms with Crippen molar-refractivity contribution in [2.75, 3.05) is 0 Å². The van der Waals surface area contributed by atoms with Crippen molar-refractivity contribution in [2.45, 2.75) is 0 Å². The Labute approximate surface area is 182 Å². The van der Waals surface area contributed by atoms with Gasteiger partial charge in [0.25, 0.3) is 0 Å². The van der Waals surface area contributed by atoms with Crippen LogP contribution in [0.5, 0.6) is 0 Å². The zero-order chi connectivity index (χ0) is 20.4. The van der Waals surface area contributed by atoms with Gasteiger partial charge in [0.15, 0.2) is 0 Å². The first-order valence-electron chi connectivity index (χ1n) is 10.3. The third-order valence-corrected chi connectivity index (χ3v) is 7.19. The Morgan fingerprint density at radius 2 is 1.58 bits per heavy atom. The number of nitrogens with zero attached hydrogens (tertiary/aromatic N) is 2. The Morgan fingerprint density at radius 1 is 0.710 bits per heavy atom. The standard InChI is InChI=1S/C27H17N3S/c1-2-6-18(7-3-1)30-21-12-13-24-26(20-8-4-5-9-23(20)31-24)25(21)19-11-10-17(16-22(19)30)27-28-14-15-29-27/h1-16H,(H,28,29). The van der Waals surface area contributed by atoms with Crippen LogP contribution in [-0.4, -0.2) is 14.5 Å². The van der Waals surface area contributed by atoms with Crippen LogP contribution >= 0.6 is 11.3 Å². The summed E-state index contributed by atoms with van der Waals surface area (Å²) in [7, 11) is 0. The summed E-state index contributed by atoms with van der Waals surface area (Å²) in [4.78, 5) is 7.71. The molecule has 31 heavy (non-hydrogen) atoms. The maximum atomic E-state index is 4.47. The van der Waals surface area contributed by atoms with Gasteiger partial charge in [-0.3, -0.25) is 0 Å². The number of nitrogens with one attached hydrogen (secondary N) is 1. The van der Waals surface area contributed by atoms with E-state index in [1.165, 1.54) is 42.0 Å². The highest BCUT2D eigenvalue weighted by molar-refractivity contribution is 7.26. The van der Waals surface area contributed by atoms with E-state index >= 15 is 0 Å². The Hall–Kier alpha value is -3.89. The summed E-state index contributed by atoms with van der Waals surface area (Å²) in [6, 6.07) is 30.6. The number of hydrogen-bond donors (Lipinski definition) is 1. The highest BCUT2D eigenvalue weighted by atomic mass is 32.1. The second-order valence-corrected chi connectivity index (χ2v) is 8.86. The van der Waals surface area contributed by atoms with Crippen molar-refractivity contribution in [1.29, 1.82) is 0 Å². The normalized spacial score (nSPS) is 11.9. The molecule has 0 radical (unpaired) electrons. The van der Waals surface area contributed by atoms with E-state index in [2.05, 4.69) is 99.5 Å². The van der Waals surface area contributed by atoms with Gasteiger partial charge in [-0.1, -0.05) is 48.5 Å². The molecule has 0 aliphatic heterocycles. The summed E-state index contributed by atoms with van der Waals surface area (Å²) in [6.45, 7) is 0. The molecule has 0 unspecified atom stereocenters. The number of aromatic amines is 1. The van der Waals surface area contributed by atoms with Crippen molar-refractivity contribution in [2.24, 2.45) is 0 Å². The number of H-pyrrole nitrogens is 1. The summed E-state index contributed by atoms with van der Waals surface area (Å²) in [5.41, 5.74) is 4.67. The molecule has 1 N–H and O–H groups in total. The molecule has 0 atom stereocenters. The molecule has 0 spiro atoms. The molecule has 4 aromatic carbocycles. The summed E-state index contributed by atoms with van der Waals surface area (Å²) >= 11 is 1.87. The molecule has 0 bridgehead atoms. The molecule has 0 saturated carbocycles. The molecule has 0 fully saturated rings. The van der Waals surface area contributed by atoms with Gasteiger partial charge in [0.2, 0.25) is 0 Å². The van der Waals surface area contributed by atoms with Gasteiger partial charge in [0, 0.05) is 54.6 Å². The zero-order valence-corrected chi connectivity index (χ0v) is 17.4. The van der Waals surface area contributed by atoms with Crippen LogP contribution in [0.4, 0.5) is 0 Å². The van der Waals surface area contributed by atoms with E-state index in [9.17, 15) is 0 Å². The van der Waals surface area contributed by atoms with Crippen LogP contribution in [0, 0.1) is 0 Å². The number of para-hydroxylation sites is 1. The first kappa shape index (κ1) is 16.9. The van der Waals surface area contributed by atoms with Gasteiger partial charge in [-0.2, -0.15) is 0 Å². The van der Waals surface area contributed by atoms with Crippen molar-refractivity contribution in [1.82, 2.24) is 14.5 Å². The van der Waals surface area contributed by atoms with E-state index in [-0.39, 0.29) is 0 Å². The molecule has 3 heterocycles. The van der Waals surface area contributed by atoms with Crippen LogP contribution < -0.4 is 0 Å². The van der Waals surface area contributed by atoms with Gasteiger partial charge in [-0.05, 0) is 36.4 Å². The minimum atomic E-state index is 0.887. The SMILES string of the molecule is c1ccc(-n2c3cc(-c4ncc[nH]4)ccc3c3c4c(ccc32)sc2ccccc24)cc1. The second-order valence-electron chi connectivity index (χ2n) is 7.77. The molecule has 7 rings (SSSR count). The number of imidazole rings is 1. The largest absolute Gasteiger partial charge is 0.345 e. The maximum absolute atomic E-state index is 4.47. The number of aromatic nitrogens is 3. The predicted octanol–water partition coefficient (Wildman–Crippen LogP) is 7.54. The number of benzene rings is 4. The number of hydrogen-bond acceptors (Lipinski definition) is 2. The first-order valence-corrected chi connectivity index (χ1v) is 11.1. The topological polar surface area (TPSA) is 33.6 Å². The summed E-state index contributed by atoms with van der Waals surface area (Å²) in [5.74, 6) is 0.887. The molecule has 0 amide bonds. The van der Waals surface area contributed by atoms with Crippen LogP contribution in [0.1, 0.15) is 0 Å². The number of rotatable bonds is 2. The predicted molar refractivity (Wildman–Crippen MR) is 131 cm³/mol. The van der Waals surface area contributed by atoms with E-state index in [1.807, 2.05) is 17.5 Å². The first-order chi connectivity index (χ1) is 15.4. The lowest BCUT2D eigenvalue weighted by Gasteiger charge is -2.08. The summed E-state index contributed by atoms with van der Waals surface area (Å²) < 4.78 is 5.04. The van der Waals surface area contributed by atoms with Crippen LogP contribution in [0.2, 0.25) is 0 Å². The molecule has 7 aromatic rings. The Balaban J connectivity index is 1.71. The Kier molecular flexibility index (Phi) is 3.43. The monoisotopic (exact) mass is 415 g/mol. The van der Waals surface area contributed by atoms with Gasteiger partial charge >= 0.3 is 0 Å². The van der Waals surface area contributed by atoms with Crippen LogP contribution in [0.25, 0.3) is 59.1 Å². The molecule has 0 aliphatic carbocycles. The van der Waals surface area contributed by atoms with Crippen LogP contribution in [-0.2, 0) is 0 Å². The average molecular weight is 416 g/mol. The molecular weight excluding hydrogens is 398 g/mol. The molecule has 0 saturated heterocycles. The fraction of sp³-hybridized carbons (Fsp3) is 0. The van der Waals surface area contributed by atoms with Crippen LogP contribution in [0.15, 0.2) is 97.3 Å². The van der Waals surface area contributed by atoms with Crippen molar-refractivity contribution in [3.63, 3.8) is 0 Å². The Bertz CT molecular complexity index is 1720. The van der Waals surface area contributed by atoms with Gasteiger partial charge in [-0.25, -0.2) is 4.98 Å². The van der Waals surface area contributed by atoms with Crippen molar-refractivity contribution < 1.29 is 0 Å². The molecular formula is C27H17N3S. The lowest BCUT2D eigenvalue weighted by molar-refractivity contribution is 1.18. The molecule has 0 aliphatic rings. The van der Waals surface area contributed by atoms with Gasteiger partial charge in [-0.15, -0.1) is 11.3 Å². The number of fused-ring (bicyclic) bond motifs is 7. The van der Waals surface area contributed by atoms with Crippen LogP contribution in [0.3, 0.4) is 0 Å². The summed E-state index contributed by atoms with van der Waals surface area (Å²) in [6.07, 6.45) is 3.67. The van der Waals surface area contributed by atoms with E-state index in [4.69, 9.17) is 0 Å². The summed E-state index contributed by atoms with van der Waals surface area (Å²) in [5, 5.41) is 5.27. The van der Waals surface area contributed by atoms with Gasteiger partial charge < -0.3 is 9.55 Å². The molecule has 146 valence electrons. The molecule has 3 nitrogen and oxygen atoms in total. The quantitative estimate of drug-likeness (QED) is 0.311. The smallest absolute Gasteiger partial charge is 0.137 e. The van der Waals surface area contributed by atoms with Crippen molar-refractivity contribution >= 4 is 53.3 Å². The maximum Gasteiger partial charge on any atom is 0.137 e. The average Bonchev–Trinajstić information content (AvgIpc) is 3.54. The third-order valence-electron chi connectivity index (χ3n) is 6.06. The number of thiophene rings is 1. The molecule has 3 aromatic heterocycles. The van der Waals surface area contributed by atoms with E-state index in [1.54, 1.807) is 6.20 Å². The Morgan fingerprint density at radius 3 is 2.45 bits per heavy atom. The minimum absolute atomic E-state index is 0.887. The lowest BCUT2D eigenvalue weighted by Crippen LogP contribution is -1.93. The second kappa shape index (κ2) is 6.30. The van der Waals surface area contributed by atoms with Gasteiger partial charge in [0.1, 0.15) is 5.82 Å². The highest BCUT2D eigenvalue weighted by Crippen LogP contribution is 2.43. The van der Waals surface area contributed by atoms with E-state index in [0.717, 1.165) is 17.1 Å². The lowest BCUT2D eigenvalue weighted by atomic mass is 10.0. The highest BCUT2D eigenvalue weighted by Gasteiger charge is 2.18. The van der Waals surface area contributed by atoms with Gasteiger partial charge in [0.05, 0.1) is 11.0 Å². The van der Waals surface area contributed by atoms with E-state index < -0.39 is 0 Å². The van der Waals surface area contributed by atoms with Crippen molar-refractivity contribution in [3.05, 3.63) is 97.3 Å². The molecule has 4 heteroatoms. The fourth-order valence-corrected chi connectivity index (χ4v) is 5.86. The van der Waals surface area contributed by atoms with Crippen molar-refractivity contribution in [3.8, 4) is 17.1 Å².